The van der Waals surface area contributed by atoms with E-state index < -0.39 is 5.60 Å². The maximum absolute atomic E-state index is 11.6. The van der Waals surface area contributed by atoms with Gasteiger partial charge in [-0.2, -0.15) is 11.8 Å². The van der Waals surface area contributed by atoms with Crippen LogP contribution < -0.4 is 0 Å². The van der Waals surface area contributed by atoms with E-state index in [0.29, 0.717) is 18.7 Å². The standard InChI is InChI=1S/C10H19NO2S/c1-10(13)4-3-6-11(7-5-10)9(12)8-14-2/h13H,3-8H2,1-2H3. The van der Waals surface area contributed by atoms with E-state index in [1.54, 1.807) is 11.8 Å². The van der Waals surface area contributed by atoms with Gasteiger partial charge < -0.3 is 10.0 Å². The summed E-state index contributed by atoms with van der Waals surface area (Å²) >= 11 is 1.56. The Morgan fingerprint density at radius 1 is 1.50 bits per heavy atom. The van der Waals surface area contributed by atoms with Gasteiger partial charge in [0.1, 0.15) is 0 Å². The van der Waals surface area contributed by atoms with Crippen molar-refractivity contribution in [3.63, 3.8) is 0 Å². The molecule has 0 aromatic carbocycles. The smallest absolute Gasteiger partial charge is 0.232 e. The topological polar surface area (TPSA) is 40.5 Å². The second-order valence-electron chi connectivity index (χ2n) is 4.16. The molecule has 1 saturated heterocycles. The molecule has 1 fully saturated rings. The molecule has 1 aliphatic heterocycles. The van der Waals surface area contributed by atoms with E-state index >= 15 is 0 Å². The van der Waals surface area contributed by atoms with Crippen LogP contribution in [0.1, 0.15) is 26.2 Å². The second-order valence-corrected chi connectivity index (χ2v) is 5.03. The number of nitrogens with zero attached hydrogens (tertiary/aromatic N) is 1. The number of aliphatic hydroxyl groups is 1. The number of carbonyl (C=O) groups excluding carboxylic acids is 1. The van der Waals surface area contributed by atoms with Gasteiger partial charge in [-0.05, 0) is 32.4 Å². The summed E-state index contributed by atoms with van der Waals surface area (Å²) in [5, 5.41) is 9.84. The van der Waals surface area contributed by atoms with Crippen molar-refractivity contribution in [2.24, 2.45) is 0 Å². The van der Waals surface area contributed by atoms with Gasteiger partial charge in [0.25, 0.3) is 0 Å². The number of amides is 1. The summed E-state index contributed by atoms with van der Waals surface area (Å²) in [5.74, 6) is 0.762. The van der Waals surface area contributed by atoms with Crippen LogP contribution in [0, 0.1) is 0 Å². The molecule has 1 atom stereocenters. The van der Waals surface area contributed by atoms with Gasteiger partial charge in [-0.1, -0.05) is 0 Å². The van der Waals surface area contributed by atoms with Crippen LogP contribution in [0.4, 0.5) is 0 Å². The molecule has 0 aromatic heterocycles. The SMILES string of the molecule is CSCC(=O)N1CCCC(C)(O)CC1. The number of thioether (sulfide) groups is 1. The Kier molecular flexibility index (Phi) is 4.26. The van der Waals surface area contributed by atoms with Crippen molar-refractivity contribution in [2.45, 2.75) is 31.8 Å². The molecule has 1 aliphatic rings. The Labute approximate surface area is 89.9 Å². The zero-order valence-electron chi connectivity index (χ0n) is 8.95. The lowest BCUT2D eigenvalue weighted by Gasteiger charge is -2.22. The van der Waals surface area contributed by atoms with E-state index in [-0.39, 0.29) is 5.91 Å². The first-order valence-corrected chi connectivity index (χ1v) is 6.44. The molecular weight excluding hydrogens is 198 g/mol. The van der Waals surface area contributed by atoms with Crippen molar-refractivity contribution >= 4 is 17.7 Å². The minimum absolute atomic E-state index is 0.204. The summed E-state index contributed by atoms with van der Waals surface area (Å²) in [6.07, 6.45) is 4.35. The van der Waals surface area contributed by atoms with Crippen LogP contribution in [0.2, 0.25) is 0 Å². The van der Waals surface area contributed by atoms with E-state index in [2.05, 4.69) is 0 Å². The van der Waals surface area contributed by atoms with E-state index in [0.717, 1.165) is 19.4 Å². The summed E-state index contributed by atoms with van der Waals surface area (Å²) in [5.41, 5.74) is -0.575. The van der Waals surface area contributed by atoms with Crippen LogP contribution in [-0.4, -0.2) is 46.6 Å². The average Bonchev–Trinajstić information content (AvgIpc) is 2.27. The Morgan fingerprint density at radius 2 is 2.21 bits per heavy atom. The molecule has 82 valence electrons. The quantitative estimate of drug-likeness (QED) is 0.753. The second kappa shape index (κ2) is 5.03. The molecule has 1 heterocycles. The van der Waals surface area contributed by atoms with Gasteiger partial charge in [-0.15, -0.1) is 0 Å². The maximum Gasteiger partial charge on any atom is 0.232 e. The third kappa shape index (κ3) is 3.50. The number of likely N-dealkylation sites (tertiary alicyclic amines) is 1. The molecule has 14 heavy (non-hydrogen) atoms. The third-order valence-corrected chi connectivity index (χ3v) is 3.22. The van der Waals surface area contributed by atoms with Crippen LogP contribution in [0.15, 0.2) is 0 Å². The largest absolute Gasteiger partial charge is 0.390 e. The normalized spacial score (nSPS) is 28.6. The molecule has 1 unspecified atom stereocenters. The highest BCUT2D eigenvalue weighted by atomic mass is 32.2. The van der Waals surface area contributed by atoms with Crippen LogP contribution in [0.5, 0.6) is 0 Å². The molecule has 1 amide bonds. The number of hydrogen-bond acceptors (Lipinski definition) is 3. The van der Waals surface area contributed by atoms with Gasteiger partial charge in [0.2, 0.25) is 5.91 Å². The fourth-order valence-electron chi connectivity index (χ4n) is 1.73. The first-order valence-electron chi connectivity index (χ1n) is 5.04. The first kappa shape index (κ1) is 11.9. The number of rotatable bonds is 2. The van der Waals surface area contributed by atoms with Gasteiger partial charge in [-0.25, -0.2) is 0 Å². The molecule has 0 saturated carbocycles. The Bertz CT molecular complexity index is 206. The van der Waals surface area contributed by atoms with E-state index in [4.69, 9.17) is 0 Å². The highest BCUT2D eigenvalue weighted by Gasteiger charge is 2.26. The zero-order chi connectivity index (χ0) is 10.6. The molecule has 0 aromatic rings. The predicted molar refractivity (Wildman–Crippen MR) is 59.4 cm³/mol. The lowest BCUT2D eigenvalue weighted by molar-refractivity contribution is -0.128. The van der Waals surface area contributed by atoms with Gasteiger partial charge >= 0.3 is 0 Å². The van der Waals surface area contributed by atoms with Crippen molar-refractivity contribution in [3.8, 4) is 0 Å². The van der Waals surface area contributed by atoms with Gasteiger partial charge in [0.05, 0.1) is 11.4 Å². The van der Waals surface area contributed by atoms with Crippen molar-refractivity contribution < 1.29 is 9.90 Å². The minimum Gasteiger partial charge on any atom is -0.390 e. The third-order valence-electron chi connectivity index (χ3n) is 2.68. The van der Waals surface area contributed by atoms with E-state index in [1.165, 1.54) is 0 Å². The molecule has 4 heteroatoms. The molecule has 0 radical (unpaired) electrons. The van der Waals surface area contributed by atoms with Gasteiger partial charge in [0, 0.05) is 13.1 Å². The van der Waals surface area contributed by atoms with Gasteiger partial charge in [-0.3, -0.25) is 4.79 Å². The summed E-state index contributed by atoms with van der Waals surface area (Å²) in [6.45, 7) is 3.36. The maximum atomic E-state index is 11.6. The highest BCUT2D eigenvalue weighted by Crippen LogP contribution is 2.21. The summed E-state index contributed by atoms with van der Waals surface area (Å²) in [6, 6.07) is 0. The molecule has 0 bridgehead atoms. The summed E-state index contributed by atoms with van der Waals surface area (Å²) in [7, 11) is 0. The van der Waals surface area contributed by atoms with Crippen LogP contribution in [0.3, 0.4) is 0 Å². The number of hydrogen-bond donors (Lipinski definition) is 1. The van der Waals surface area contributed by atoms with Crippen molar-refractivity contribution in [2.75, 3.05) is 25.1 Å². The monoisotopic (exact) mass is 217 g/mol. The molecule has 3 nitrogen and oxygen atoms in total. The average molecular weight is 217 g/mol. The lowest BCUT2D eigenvalue weighted by atomic mass is 9.98. The van der Waals surface area contributed by atoms with E-state index in [9.17, 15) is 9.90 Å². The Hall–Kier alpha value is -0.220. The first-order chi connectivity index (χ1) is 6.55. The molecule has 1 rings (SSSR count). The zero-order valence-corrected chi connectivity index (χ0v) is 9.77. The Balaban J connectivity index is 2.45. The fourth-order valence-corrected chi connectivity index (χ4v) is 2.16. The van der Waals surface area contributed by atoms with Gasteiger partial charge in [0.15, 0.2) is 0 Å². The fraction of sp³-hybridized carbons (Fsp3) is 0.900. The number of carbonyl (C=O) groups is 1. The molecule has 0 spiro atoms. The van der Waals surface area contributed by atoms with E-state index in [1.807, 2.05) is 18.1 Å². The highest BCUT2D eigenvalue weighted by molar-refractivity contribution is 7.99. The van der Waals surface area contributed by atoms with Crippen molar-refractivity contribution in [3.05, 3.63) is 0 Å². The summed E-state index contributed by atoms with van der Waals surface area (Å²) < 4.78 is 0. The predicted octanol–water partition coefficient (Wildman–Crippen LogP) is 1.11. The van der Waals surface area contributed by atoms with Crippen LogP contribution in [0.25, 0.3) is 0 Å². The van der Waals surface area contributed by atoms with Crippen LogP contribution >= 0.6 is 11.8 Å². The lowest BCUT2D eigenvalue weighted by Crippen LogP contribution is -2.34. The molecule has 0 aliphatic carbocycles. The molecular formula is C10H19NO2S. The minimum atomic E-state index is -0.575. The summed E-state index contributed by atoms with van der Waals surface area (Å²) in [4.78, 5) is 13.5. The van der Waals surface area contributed by atoms with Crippen molar-refractivity contribution in [1.82, 2.24) is 4.90 Å². The van der Waals surface area contributed by atoms with Crippen molar-refractivity contribution in [1.29, 1.82) is 0 Å². The van der Waals surface area contributed by atoms with Crippen LogP contribution in [-0.2, 0) is 4.79 Å². The molecule has 1 N–H and O–H groups in total. The Morgan fingerprint density at radius 3 is 2.86 bits per heavy atom.